The molecule has 3 rings (SSSR count). The number of anilines is 1. The molecule has 0 saturated heterocycles. The second-order valence-electron chi connectivity index (χ2n) is 5.10. The first-order valence-electron chi connectivity index (χ1n) is 7.05. The van der Waals surface area contributed by atoms with Crippen molar-refractivity contribution in [1.82, 2.24) is 9.97 Å². The smallest absolute Gasteiger partial charge is 0.107 e. The van der Waals surface area contributed by atoms with E-state index in [1.54, 1.807) is 0 Å². The summed E-state index contributed by atoms with van der Waals surface area (Å²) in [5.74, 6) is 1.07. The van der Waals surface area contributed by atoms with Crippen LogP contribution in [0, 0.1) is 6.92 Å². The number of benzene rings is 2. The number of H-pyrrole nitrogens is 1. The van der Waals surface area contributed by atoms with Crippen LogP contribution in [-0.2, 0) is 6.42 Å². The first kappa shape index (κ1) is 12.7. The maximum absolute atomic E-state index is 4.63. The maximum Gasteiger partial charge on any atom is 0.107 e. The lowest BCUT2D eigenvalue weighted by Gasteiger charge is -2.04. The van der Waals surface area contributed by atoms with Crippen LogP contribution in [0.25, 0.3) is 11.0 Å². The van der Waals surface area contributed by atoms with E-state index in [0.717, 1.165) is 36.2 Å². The molecule has 0 bridgehead atoms. The average molecular weight is 265 g/mol. The van der Waals surface area contributed by atoms with Crippen LogP contribution in [-0.4, -0.2) is 16.5 Å². The van der Waals surface area contributed by atoms with Gasteiger partial charge >= 0.3 is 0 Å². The number of hydrogen-bond donors (Lipinski definition) is 2. The molecular weight excluding hydrogens is 246 g/mol. The topological polar surface area (TPSA) is 40.7 Å². The van der Waals surface area contributed by atoms with Crippen molar-refractivity contribution in [3.63, 3.8) is 0 Å². The maximum atomic E-state index is 4.63. The number of aromatic nitrogens is 2. The highest BCUT2D eigenvalue weighted by molar-refractivity contribution is 5.75. The molecule has 3 nitrogen and oxygen atoms in total. The summed E-state index contributed by atoms with van der Waals surface area (Å²) in [5, 5.41) is 3.42. The Kier molecular flexibility index (Phi) is 3.68. The molecule has 2 aromatic carbocycles. The Labute approximate surface area is 119 Å². The summed E-state index contributed by atoms with van der Waals surface area (Å²) in [4.78, 5) is 8.02. The summed E-state index contributed by atoms with van der Waals surface area (Å²) in [5.41, 5.74) is 4.62. The molecule has 0 spiro atoms. The molecule has 0 aliphatic carbocycles. The minimum atomic E-state index is 0.958. The van der Waals surface area contributed by atoms with Gasteiger partial charge in [0.15, 0.2) is 0 Å². The number of aryl methyl sites for hydroxylation is 2. The SMILES string of the molecule is Cc1ccc2[nH]c(CCCNc3ccccc3)nc2c1. The Morgan fingerprint density at radius 3 is 2.80 bits per heavy atom. The summed E-state index contributed by atoms with van der Waals surface area (Å²) in [7, 11) is 0. The van der Waals surface area contributed by atoms with E-state index in [4.69, 9.17) is 0 Å². The van der Waals surface area contributed by atoms with Crippen molar-refractivity contribution in [1.29, 1.82) is 0 Å². The summed E-state index contributed by atoms with van der Waals surface area (Å²) in [6, 6.07) is 16.6. The molecule has 0 atom stereocenters. The van der Waals surface area contributed by atoms with Gasteiger partial charge in [-0.2, -0.15) is 0 Å². The second-order valence-corrected chi connectivity index (χ2v) is 5.10. The third kappa shape index (κ3) is 2.99. The molecule has 0 radical (unpaired) electrons. The monoisotopic (exact) mass is 265 g/mol. The van der Waals surface area contributed by atoms with Crippen molar-refractivity contribution in [2.75, 3.05) is 11.9 Å². The molecule has 0 fully saturated rings. The molecule has 3 heteroatoms. The van der Waals surface area contributed by atoms with Gasteiger partial charge in [-0.25, -0.2) is 4.98 Å². The number of aromatic amines is 1. The van der Waals surface area contributed by atoms with Gasteiger partial charge in [-0.05, 0) is 43.2 Å². The number of rotatable bonds is 5. The van der Waals surface area contributed by atoms with Crippen LogP contribution < -0.4 is 5.32 Å². The van der Waals surface area contributed by atoms with Gasteiger partial charge in [-0.1, -0.05) is 24.3 Å². The molecule has 1 aromatic heterocycles. The van der Waals surface area contributed by atoms with Crippen molar-refractivity contribution < 1.29 is 0 Å². The summed E-state index contributed by atoms with van der Waals surface area (Å²) in [6.45, 7) is 3.05. The minimum absolute atomic E-state index is 0.958. The van der Waals surface area contributed by atoms with Gasteiger partial charge in [0.1, 0.15) is 5.82 Å². The Hall–Kier alpha value is -2.29. The fraction of sp³-hybridized carbons (Fsp3) is 0.235. The fourth-order valence-corrected chi connectivity index (χ4v) is 2.33. The third-order valence-corrected chi connectivity index (χ3v) is 3.38. The highest BCUT2D eigenvalue weighted by atomic mass is 14.9. The summed E-state index contributed by atoms with van der Waals surface area (Å²) >= 11 is 0. The van der Waals surface area contributed by atoms with Gasteiger partial charge in [-0.15, -0.1) is 0 Å². The number of nitrogens with zero attached hydrogens (tertiary/aromatic N) is 1. The zero-order valence-corrected chi connectivity index (χ0v) is 11.7. The molecule has 20 heavy (non-hydrogen) atoms. The number of hydrogen-bond acceptors (Lipinski definition) is 2. The normalized spacial score (nSPS) is 10.8. The minimum Gasteiger partial charge on any atom is -0.385 e. The molecular formula is C17H19N3. The molecule has 1 heterocycles. The van der Waals surface area contributed by atoms with E-state index in [-0.39, 0.29) is 0 Å². The average Bonchev–Trinajstić information content (AvgIpc) is 2.86. The van der Waals surface area contributed by atoms with E-state index in [1.807, 2.05) is 18.2 Å². The molecule has 2 N–H and O–H groups in total. The van der Waals surface area contributed by atoms with Gasteiger partial charge in [-0.3, -0.25) is 0 Å². The van der Waals surface area contributed by atoms with Crippen LogP contribution in [0.5, 0.6) is 0 Å². The summed E-state index contributed by atoms with van der Waals surface area (Å²) < 4.78 is 0. The first-order valence-corrected chi connectivity index (χ1v) is 7.05. The second kappa shape index (κ2) is 5.78. The molecule has 0 saturated carbocycles. The zero-order valence-electron chi connectivity index (χ0n) is 11.7. The molecule has 0 aliphatic heterocycles. The Balaban J connectivity index is 1.55. The van der Waals surface area contributed by atoms with Crippen molar-refractivity contribution in [3.8, 4) is 0 Å². The Morgan fingerprint density at radius 1 is 1.10 bits per heavy atom. The number of nitrogens with one attached hydrogen (secondary N) is 2. The van der Waals surface area contributed by atoms with E-state index in [2.05, 4.69) is 52.5 Å². The number of para-hydroxylation sites is 1. The van der Waals surface area contributed by atoms with Gasteiger partial charge in [0, 0.05) is 18.7 Å². The van der Waals surface area contributed by atoms with Crippen LogP contribution in [0.1, 0.15) is 17.8 Å². The van der Waals surface area contributed by atoms with Gasteiger partial charge in [0.05, 0.1) is 11.0 Å². The zero-order chi connectivity index (χ0) is 13.8. The largest absolute Gasteiger partial charge is 0.385 e. The predicted molar refractivity (Wildman–Crippen MR) is 84.1 cm³/mol. The van der Waals surface area contributed by atoms with Gasteiger partial charge in [0.25, 0.3) is 0 Å². The van der Waals surface area contributed by atoms with Crippen molar-refractivity contribution >= 4 is 16.7 Å². The van der Waals surface area contributed by atoms with Crippen molar-refractivity contribution in [2.24, 2.45) is 0 Å². The molecule has 0 unspecified atom stereocenters. The van der Waals surface area contributed by atoms with E-state index >= 15 is 0 Å². The van der Waals surface area contributed by atoms with Crippen LogP contribution in [0.4, 0.5) is 5.69 Å². The molecule has 102 valence electrons. The van der Waals surface area contributed by atoms with E-state index in [9.17, 15) is 0 Å². The van der Waals surface area contributed by atoms with Gasteiger partial charge < -0.3 is 10.3 Å². The van der Waals surface area contributed by atoms with Crippen LogP contribution in [0.15, 0.2) is 48.5 Å². The van der Waals surface area contributed by atoms with Gasteiger partial charge in [0.2, 0.25) is 0 Å². The Bertz CT molecular complexity index is 686. The lowest BCUT2D eigenvalue weighted by molar-refractivity contribution is 0.820. The number of fused-ring (bicyclic) bond motifs is 1. The Morgan fingerprint density at radius 2 is 1.95 bits per heavy atom. The number of imidazole rings is 1. The fourth-order valence-electron chi connectivity index (χ4n) is 2.33. The van der Waals surface area contributed by atoms with Crippen molar-refractivity contribution in [3.05, 3.63) is 59.9 Å². The van der Waals surface area contributed by atoms with Crippen molar-refractivity contribution in [2.45, 2.75) is 19.8 Å². The predicted octanol–water partition coefficient (Wildman–Crippen LogP) is 3.92. The van der Waals surface area contributed by atoms with Crippen LogP contribution in [0.3, 0.4) is 0 Å². The van der Waals surface area contributed by atoms with Crippen LogP contribution in [0.2, 0.25) is 0 Å². The van der Waals surface area contributed by atoms with E-state index in [1.165, 1.54) is 11.3 Å². The standard InChI is InChI=1S/C17H19N3/c1-13-9-10-15-16(12-13)20-17(19-15)8-5-11-18-14-6-3-2-4-7-14/h2-4,6-7,9-10,12,18H,5,8,11H2,1H3,(H,19,20). The van der Waals surface area contributed by atoms with Crippen LogP contribution >= 0.6 is 0 Å². The summed E-state index contributed by atoms with van der Waals surface area (Å²) in [6.07, 6.45) is 2.03. The lowest BCUT2D eigenvalue weighted by Crippen LogP contribution is -2.03. The first-order chi connectivity index (χ1) is 9.81. The quantitative estimate of drug-likeness (QED) is 0.686. The van der Waals surface area contributed by atoms with E-state index < -0.39 is 0 Å². The highest BCUT2D eigenvalue weighted by Gasteiger charge is 2.02. The van der Waals surface area contributed by atoms with E-state index in [0.29, 0.717) is 0 Å². The highest BCUT2D eigenvalue weighted by Crippen LogP contribution is 2.14. The molecule has 0 aliphatic rings. The molecule has 3 aromatic rings. The third-order valence-electron chi connectivity index (χ3n) is 3.38. The molecule has 0 amide bonds. The lowest BCUT2D eigenvalue weighted by atomic mass is 10.2.